The van der Waals surface area contributed by atoms with Crippen molar-refractivity contribution in [3.05, 3.63) is 0 Å². The van der Waals surface area contributed by atoms with Gasteiger partial charge in [0.1, 0.15) is 12.7 Å². The normalized spacial score (nSPS) is 20.1. The highest BCUT2D eigenvalue weighted by Crippen LogP contribution is 2.60. The van der Waals surface area contributed by atoms with Gasteiger partial charge >= 0.3 is 41.8 Å². The Morgan fingerprint density at radius 2 is 1.15 bits per heavy atom. The largest absolute Gasteiger partial charge is 0.460 e. The third kappa shape index (κ3) is 3.15. The molecule has 1 unspecified atom stereocenters. The van der Waals surface area contributed by atoms with Gasteiger partial charge < -0.3 is 9.47 Å². The Balaban J connectivity index is 3.26. The fourth-order valence-corrected chi connectivity index (χ4v) is 1.32. The number of ether oxygens (including phenoxy) is 2. The van der Waals surface area contributed by atoms with Crippen LogP contribution in [0.5, 0.6) is 0 Å². The molecular weight excluding hydrogens is 415 g/mol. The van der Waals surface area contributed by atoms with Crippen LogP contribution in [0.3, 0.4) is 0 Å². The van der Waals surface area contributed by atoms with E-state index in [1.807, 2.05) is 0 Å². The molecule has 1 rings (SSSR count). The summed E-state index contributed by atoms with van der Waals surface area (Å²) in [6.45, 7) is -1.42. The SMILES string of the molecule is O=C(OCC1CO1)C(F)(F)C(F)(F)C(F)(F)C(F)(F)C(F)(F)C(F)(F)F. The number of hydrogen-bond donors (Lipinski definition) is 0. The summed E-state index contributed by atoms with van der Waals surface area (Å²) in [6.07, 6.45) is -8.59. The van der Waals surface area contributed by atoms with Crippen LogP contribution in [0, 0.1) is 0 Å². The van der Waals surface area contributed by atoms with E-state index in [4.69, 9.17) is 0 Å². The highest BCUT2D eigenvalue weighted by atomic mass is 19.4. The van der Waals surface area contributed by atoms with Gasteiger partial charge in [-0.05, 0) is 0 Å². The van der Waals surface area contributed by atoms with Gasteiger partial charge in [-0.2, -0.15) is 57.1 Å². The van der Waals surface area contributed by atoms with Gasteiger partial charge in [0, 0.05) is 0 Å². The Morgan fingerprint density at radius 3 is 1.50 bits per heavy atom. The number of carbonyl (C=O) groups excluding carboxylic acids is 1. The van der Waals surface area contributed by atoms with E-state index in [1.165, 1.54) is 0 Å². The van der Waals surface area contributed by atoms with E-state index in [-0.39, 0.29) is 6.61 Å². The molecule has 1 atom stereocenters. The molecule has 0 saturated carbocycles. The van der Waals surface area contributed by atoms with Gasteiger partial charge in [0.2, 0.25) is 0 Å². The van der Waals surface area contributed by atoms with Crippen molar-refractivity contribution < 1.29 is 71.3 Å². The number of rotatable bonds is 7. The average molecular weight is 420 g/mol. The number of halogens is 13. The van der Waals surface area contributed by atoms with Crippen LogP contribution >= 0.6 is 0 Å². The molecule has 0 aromatic rings. The lowest BCUT2D eigenvalue weighted by molar-refractivity contribution is -0.437. The van der Waals surface area contributed by atoms with Gasteiger partial charge in [0.25, 0.3) is 0 Å². The third-order valence-corrected chi connectivity index (χ3v) is 2.99. The minimum Gasteiger partial charge on any atom is -0.458 e. The molecule has 3 nitrogen and oxygen atoms in total. The molecule has 1 heterocycles. The molecule has 1 fully saturated rings. The fraction of sp³-hybridized carbons (Fsp3) is 0.900. The van der Waals surface area contributed by atoms with Gasteiger partial charge in [-0.3, -0.25) is 0 Å². The summed E-state index contributed by atoms with van der Waals surface area (Å²) in [6, 6.07) is 0. The van der Waals surface area contributed by atoms with Crippen LogP contribution in [-0.2, 0) is 14.3 Å². The Bertz CT molecular complexity index is 549. The molecule has 0 spiro atoms. The molecule has 26 heavy (non-hydrogen) atoms. The quantitative estimate of drug-likeness (QED) is 0.359. The Labute approximate surface area is 134 Å². The summed E-state index contributed by atoms with van der Waals surface area (Å²) >= 11 is 0. The summed E-state index contributed by atoms with van der Waals surface area (Å²) in [4.78, 5) is 10.8. The molecular formula is C10H5F13O3. The van der Waals surface area contributed by atoms with Crippen molar-refractivity contribution in [2.24, 2.45) is 0 Å². The molecule has 0 aromatic heterocycles. The molecule has 0 amide bonds. The molecule has 16 heteroatoms. The Morgan fingerprint density at radius 1 is 0.769 bits per heavy atom. The van der Waals surface area contributed by atoms with Crippen molar-refractivity contribution in [3.63, 3.8) is 0 Å². The first-order chi connectivity index (χ1) is 11.2. The van der Waals surface area contributed by atoms with Gasteiger partial charge in [0.15, 0.2) is 0 Å². The van der Waals surface area contributed by atoms with E-state index in [9.17, 15) is 61.9 Å². The van der Waals surface area contributed by atoms with E-state index in [1.54, 1.807) is 0 Å². The zero-order valence-electron chi connectivity index (χ0n) is 11.6. The summed E-state index contributed by atoms with van der Waals surface area (Å²) in [7, 11) is 0. The zero-order valence-corrected chi connectivity index (χ0v) is 11.6. The highest BCUT2D eigenvalue weighted by molar-refractivity contribution is 5.79. The first-order valence-corrected chi connectivity index (χ1v) is 5.99. The van der Waals surface area contributed by atoms with Crippen molar-refractivity contribution in [2.45, 2.75) is 41.9 Å². The van der Waals surface area contributed by atoms with Crippen LogP contribution in [0.15, 0.2) is 0 Å². The van der Waals surface area contributed by atoms with E-state index in [2.05, 4.69) is 9.47 Å². The van der Waals surface area contributed by atoms with Crippen molar-refractivity contribution in [3.8, 4) is 0 Å². The summed E-state index contributed by atoms with van der Waals surface area (Å²) in [5.74, 6) is -42.0. The minimum atomic E-state index is -8.05. The molecule has 0 aliphatic carbocycles. The van der Waals surface area contributed by atoms with Crippen molar-refractivity contribution >= 4 is 5.97 Å². The van der Waals surface area contributed by atoms with Gasteiger partial charge in [-0.1, -0.05) is 0 Å². The number of epoxide rings is 1. The Kier molecular flexibility index (Phi) is 5.22. The van der Waals surface area contributed by atoms with Crippen LogP contribution in [0.2, 0.25) is 0 Å². The summed E-state index contributed by atoms with van der Waals surface area (Å²) < 4.78 is 173. The molecule has 0 aromatic carbocycles. The monoisotopic (exact) mass is 420 g/mol. The van der Waals surface area contributed by atoms with E-state index in [0.717, 1.165) is 0 Å². The minimum absolute atomic E-state index is 0.221. The van der Waals surface area contributed by atoms with Crippen LogP contribution in [0.4, 0.5) is 57.1 Å². The number of alkyl halides is 13. The average Bonchev–Trinajstić information content (AvgIpc) is 3.26. The van der Waals surface area contributed by atoms with E-state index in [0.29, 0.717) is 0 Å². The third-order valence-electron chi connectivity index (χ3n) is 2.99. The lowest BCUT2D eigenvalue weighted by Crippen LogP contribution is -2.71. The lowest BCUT2D eigenvalue weighted by Gasteiger charge is -2.38. The number of carbonyl (C=O) groups is 1. The predicted octanol–water partition coefficient (Wildman–Crippen LogP) is 3.67. The molecule has 1 aliphatic heterocycles. The lowest BCUT2D eigenvalue weighted by atomic mass is 9.94. The molecule has 1 aliphatic rings. The molecule has 0 radical (unpaired) electrons. The second kappa shape index (κ2) is 6.02. The van der Waals surface area contributed by atoms with Crippen LogP contribution in [0.25, 0.3) is 0 Å². The van der Waals surface area contributed by atoms with Crippen molar-refractivity contribution in [2.75, 3.05) is 13.2 Å². The predicted molar refractivity (Wildman–Crippen MR) is 51.5 cm³/mol. The smallest absolute Gasteiger partial charge is 0.458 e. The maximum absolute atomic E-state index is 13.2. The maximum atomic E-state index is 13.2. The molecule has 1 saturated heterocycles. The standard InChI is InChI=1S/C10H5F13O3/c11-5(12,4(24)26-2-3-1-25-3)6(13,14)7(15,16)8(17,18)9(19,20)10(21,22)23/h3H,1-2H2. The van der Waals surface area contributed by atoms with Crippen LogP contribution in [0.1, 0.15) is 0 Å². The molecule has 154 valence electrons. The van der Waals surface area contributed by atoms with Gasteiger partial charge in [-0.25, -0.2) is 4.79 Å². The number of hydrogen-bond acceptors (Lipinski definition) is 3. The zero-order chi connectivity index (χ0) is 21.0. The van der Waals surface area contributed by atoms with E-state index >= 15 is 0 Å². The van der Waals surface area contributed by atoms with Gasteiger partial charge in [0.05, 0.1) is 6.61 Å². The van der Waals surface area contributed by atoms with Crippen molar-refractivity contribution in [1.82, 2.24) is 0 Å². The summed E-state index contributed by atoms with van der Waals surface area (Å²) in [5, 5.41) is 0. The topological polar surface area (TPSA) is 38.8 Å². The van der Waals surface area contributed by atoms with Gasteiger partial charge in [-0.15, -0.1) is 0 Å². The maximum Gasteiger partial charge on any atom is 0.460 e. The molecule has 0 bridgehead atoms. The first-order valence-electron chi connectivity index (χ1n) is 5.99. The second-order valence-corrected chi connectivity index (χ2v) is 4.92. The Hall–Kier alpha value is -1.48. The van der Waals surface area contributed by atoms with Crippen molar-refractivity contribution in [1.29, 1.82) is 0 Å². The van der Waals surface area contributed by atoms with E-state index < -0.39 is 54.5 Å². The van der Waals surface area contributed by atoms with Crippen LogP contribution < -0.4 is 0 Å². The first kappa shape index (κ1) is 22.6. The molecule has 0 N–H and O–H groups in total. The number of esters is 1. The summed E-state index contributed by atoms with van der Waals surface area (Å²) in [5.41, 5.74) is 0. The van der Waals surface area contributed by atoms with Crippen LogP contribution in [-0.4, -0.2) is 61.1 Å². The second-order valence-electron chi connectivity index (χ2n) is 4.92. The fourth-order valence-electron chi connectivity index (χ4n) is 1.32. The highest BCUT2D eigenvalue weighted by Gasteiger charge is 2.92.